The fourth-order valence-corrected chi connectivity index (χ4v) is 5.07. The van der Waals surface area contributed by atoms with Crippen LogP contribution in [-0.2, 0) is 4.79 Å². The number of nitrogens with one attached hydrogen (secondary N) is 2. The number of amides is 1. The molecule has 34 heavy (non-hydrogen) atoms. The van der Waals surface area contributed by atoms with Gasteiger partial charge in [-0.05, 0) is 37.0 Å². The first-order valence-corrected chi connectivity index (χ1v) is 12.5. The first-order valence-electron chi connectivity index (χ1n) is 12.1. The van der Waals surface area contributed by atoms with E-state index in [1.165, 1.54) is 0 Å². The molecule has 0 bridgehead atoms. The molecule has 0 aliphatic carbocycles. The smallest absolute Gasteiger partial charge is 0.231 e. The summed E-state index contributed by atoms with van der Waals surface area (Å²) < 4.78 is 0. The maximum atomic E-state index is 13.7. The van der Waals surface area contributed by atoms with Gasteiger partial charge in [0.25, 0.3) is 0 Å². The molecule has 3 atom stereocenters. The molecule has 0 spiro atoms. The van der Waals surface area contributed by atoms with Crippen molar-refractivity contribution in [3.63, 3.8) is 0 Å². The number of piperazine rings is 1. The summed E-state index contributed by atoms with van der Waals surface area (Å²) in [5.74, 6) is 2.01. The van der Waals surface area contributed by atoms with Crippen LogP contribution in [0.3, 0.4) is 0 Å². The van der Waals surface area contributed by atoms with Crippen molar-refractivity contribution < 1.29 is 4.79 Å². The number of hydrogen-bond acceptors (Lipinski definition) is 6. The number of rotatable bonds is 6. The molecule has 1 amide bonds. The summed E-state index contributed by atoms with van der Waals surface area (Å²) in [7, 11) is 0. The highest BCUT2D eigenvalue weighted by molar-refractivity contribution is 6.30. The van der Waals surface area contributed by atoms with Crippen LogP contribution in [0.15, 0.2) is 42.9 Å². The zero-order valence-corrected chi connectivity index (χ0v) is 21.3. The van der Waals surface area contributed by atoms with Crippen molar-refractivity contribution in [1.29, 1.82) is 0 Å². The number of halogens is 1. The summed E-state index contributed by atoms with van der Waals surface area (Å²) >= 11 is 6.10. The average molecular weight is 483 g/mol. The summed E-state index contributed by atoms with van der Waals surface area (Å²) in [5, 5.41) is 7.44. The molecule has 0 unspecified atom stereocenters. The lowest BCUT2D eigenvalue weighted by molar-refractivity contribution is -0.133. The van der Waals surface area contributed by atoms with Gasteiger partial charge in [-0.2, -0.15) is 0 Å². The molecule has 1 aromatic heterocycles. The van der Waals surface area contributed by atoms with E-state index < -0.39 is 0 Å². The molecule has 1 aromatic carbocycles. The Morgan fingerprint density at radius 1 is 1.24 bits per heavy atom. The van der Waals surface area contributed by atoms with Gasteiger partial charge in [0.05, 0.1) is 5.92 Å². The van der Waals surface area contributed by atoms with E-state index in [0.717, 1.165) is 41.4 Å². The number of carbonyl (C=O) groups excluding carboxylic acids is 1. The van der Waals surface area contributed by atoms with E-state index >= 15 is 0 Å². The van der Waals surface area contributed by atoms with Gasteiger partial charge in [0.1, 0.15) is 18.0 Å². The molecular formula is C26H35ClN6O. The molecule has 2 aliphatic heterocycles. The molecule has 2 aliphatic rings. The summed E-state index contributed by atoms with van der Waals surface area (Å²) in [6, 6.07) is 8.07. The fourth-order valence-electron chi connectivity index (χ4n) is 4.95. The first-order chi connectivity index (χ1) is 16.2. The molecular weight excluding hydrogens is 448 g/mol. The Bertz CT molecular complexity index is 1040. The minimum absolute atomic E-state index is 0.137. The molecule has 4 rings (SSSR count). The summed E-state index contributed by atoms with van der Waals surface area (Å²) in [6.07, 6.45) is 2.48. The quantitative estimate of drug-likeness (QED) is 0.636. The lowest BCUT2D eigenvalue weighted by atomic mass is 9.92. The van der Waals surface area contributed by atoms with Crippen LogP contribution in [0, 0.1) is 0 Å². The Balaban J connectivity index is 1.52. The van der Waals surface area contributed by atoms with E-state index in [0.29, 0.717) is 36.6 Å². The second-order valence-electron chi connectivity index (χ2n) is 9.79. The third-order valence-electron chi connectivity index (χ3n) is 6.72. The Morgan fingerprint density at radius 3 is 2.65 bits per heavy atom. The minimum atomic E-state index is -0.250. The molecule has 7 nitrogen and oxygen atoms in total. The number of nitrogens with zero attached hydrogens (tertiary/aromatic N) is 4. The van der Waals surface area contributed by atoms with Gasteiger partial charge in [0, 0.05) is 54.5 Å². The van der Waals surface area contributed by atoms with Gasteiger partial charge >= 0.3 is 0 Å². The Morgan fingerprint density at radius 2 is 1.97 bits per heavy atom. The highest BCUT2D eigenvalue weighted by atomic mass is 35.5. The van der Waals surface area contributed by atoms with Crippen LogP contribution in [0.4, 0.5) is 11.6 Å². The lowest BCUT2D eigenvalue weighted by Gasteiger charge is -2.43. The van der Waals surface area contributed by atoms with E-state index in [-0.39, 0.29) is 17.9 Å². The monoisotopic (exact) mass is 482 g/mol. The van der Waals surface area contributed by atoms with Crippen molar-refractivity contribution in [2.45, 2.75) is 58.0 Å². The second kappa shape index (κ2) is 10.3. The maximum absolute atomic E-state index is 13.7. The van der Waals surface area contributed by atoms with Crippen LogP contribution in [-0.4, -0.2) is 59.0 Å². The van der Waals surface area contributed by atoms with Gasteiger partial charge in [-0.1, -0.05) is 51.1 Å². The largest absolute Gasteiger partial charge is 0.350 e. The number of hydrogen-bond donors (Lipinski definition) is 2. The zero-order valence-electron chi connectivity index (χ0n) is 20.5. The van der Waals surface area contributed by atoms with Crippen molar-refractivity contribution in [3.05, 3.63) is 59.0 Å². The minimum Gasteiger partial charge on any atom is -0.350 e. The Labute approximate surface area is 207 Å². The third kappa shape index (κ3) is 5.20. The van der Waals surface area contributed by atoms with Crippen LogP contribution in [0.5, 0.6) is 0 Å². The molecule has 2 aromatic rings. The average Bonchev–Trinajstić information content (AvgIpc) is 2.79. The molecule has 1 saturated heterocycles. The number of benzene rings is 1. The number of aromatic nitrogens is 2. The highest BCUT2D eigenvalue weighted by Gasteiger charge is 2.34. The predicted molar refractivity (Wildman–Crippen MR) is 139 cm³/mol. The SMILES string of the molecule is C=C1C[C@@H](C)c2c(ncnc2N2CCN(C(=O)[C@H](CNC(C)C)c3ccc(Cl)cc3)C[C@H]2C)N1. The van der Waals surface area contributed by atoms with Gasteiger partial charge in [-0.3, -0.25) is 4.79 Å². The Kier molecular flexibility index (Phi) is 7.43. The molecule has 182 valence electrons. The number of fused-ring (bicyclic) bond motifs is 1. The fraction of sp³-hybridized carbons (Fsp3) is 0.500. The van der Waals surface area contributed by atoms with Crippen molar-refractivity contribution >= 4 is 29.1 Å². The van der Waals surface area contributed by atoms with Crippen molar-refractivity contribution in [3.8, 4) is 0 Å². The normalized spacial score (nSPS) is 21.3. The van der Waals surface area contributed by atoms with Crippen LogP contribution >= 0.6 is 11.6 Å². The van der Waals surface area contributed by atoms with E-state index in [2.05, 4.69) is 59.8 Å². The number of allylic oxidation sites excluding steroid dienone is 1. The molecule has 8 heteroatoms. The van der Waals surface area contributed by atoms with Gasteiger partial charge in [0.15, 0.2) is 0 Å². The summed E-state index contributed by atoms with van der Waals surface area (Å²) in [5.41, 5.74) is 3.11. The van der Waals surface area contributed by atoms with Crippen molar-refractivity contribution in [2.24, 2.45) is 0 Å². The maximum Gasteiger partial charge on any atom is 0.231 e. The molecule has 2 N–H and O–H groups in total. The molecule has 1 fully saturated rings. The second-order valence-corrected chi connectivity index (χ2v) is 10.2. The van der Waals surface area contributed by atoms with Gasteiger partial charge in [-0.25, -0.2) is 9.97 Å². The summed E-state index contributed by atoms with van der Waals surface area (Å²) in [4.78, 5) is 27.1. The van der Waals surface area contributed by atoms with Gasteiger partial charge in [0.2, 0.25) is 5.91 Å². The number of anilines is 2. The van der Waals surface area contributed by atoms with E-state index in [1.807, 2.05) is 29.2 Å². The van der Waals surface area contributed by atoms with E-state index in [9.17, 15) is 4.79 Å². The van der Waals surface area contributed by atoms with Crippen LogP contribution in [0.1, 0.15) is 57.1 Å². The first kappa shape index (κ1) is 24.5. The zero-order chi connectivity index (χ0) is 24.4. The van der Waals surface area contributed by atoms with E-state index in [4.69, 9.17) is 11.6 Å². The summed E-state index contributed by atoms with van der Waals surface area (Å²) in [6.45, 7) is 15.3. The topological polar surface area (TPSA) is 73.4 Å². The van der Waals surface area contributed by atoms with Gasteiger partial charge < -0.3 is 20.4 Å². The standard InChI is InChI=1S/C26H35ClN6O/c1-16(2)28-13-22(20-6-8-21(27)9-7-20)26(34)32-10-11-33(19(5)14-32)25-23-17(3)12-18(4)31-24(23)29-15-30-25/h6-9,15-17,19,22,28H,4,10-14H2,1-3,5H3,(H,29,30,31)/t17-,19-,22-/m1/s1. The number of carbonyl (C=O) groups is 1. The lowest BCUT2D eigenvalue weighted by Crippen LogP contribution is -2.55. The molecule has 0 saturated carbocycles. The van der Waals surface area contributed by atoms with Crippen LogP contribution < -0.4 is 15.5 Å². The van der Waals surface area contributed by atoms with Gasteiger partial charge in [-0.15, -0.1) is 0 Å². The molecule has 3 heterocycles. The van der Waals surface area contributed by atoms with Crippen LogP contribution in [0.2, 0.25) is 5.02 Å². The third-order valence-corrected chi connectivity index (χ3v) is 6.97. The highest BCUT2D eigenvalue weighted by Crippen LogP contribution is 2.39. The predicted octanol–water partition coefficient (Wildman–Crippen LogP) is 4.38. The van der Waals surface area contributed by atoms with E-state index in [1.54, 1.807) is 6.33 Å². The van der Waals surface area contributed by atoms with Crippen molar-refractivity contribution in [2.75, 3.05) is 36.4 Å². The Hall–Kier alpha value is -2.64. The van der Waals surface area contributed by atoms with Crippen LogP contribution in [0.25, 0.3) is 0 Å². The molecule has 0 radical (unpaired) electrons. The van der Waals surface area contributed by atoms with Crippen molar-refractivity contribution in [1.82, 2.24) is 20.2 Å².